The summed E-state index contributed by atoms with van der Waals surface area (Å²) in [6.07, 6.45) is 2.01. The van der Waals surface area contributed by atoms with Gasteiger partial charge in [-0.1, -0.05) is 30.3 Å². The minimum Gasteiger partial charge on any atom is -0.461 e. The fourth-order valence-corrected chi connectivity index (χ4v) is 6.10. The van der Waals surface area contributed by atoms with E-state index < -0.39 is 39.0 Å². The summed E-state index contributed by atoms with van der Waals surface area (Å²) < 4.78 is 17.7. The van der Waals surface area contributed by atoms with Gasteiger partial charge in [0.15, 0.2) is 0 Å². The number of β-lactam (4-membered cyclic amide) rings is 1. The van der Waals surface area contributed by atoms with E-state index in [-0.39, 0.29) is 24.3 Å². The SMILES string of the molecule is CC(OC(=O)C1N2C(=O)C(NC(=O)Cc3ccccc3)[C@H]2S(=O)C1(C)C)C1CC1. The van der Waals surface area contributed by atoms with Gasteiger partial charge < -0.3 is 15.0 Å². The Morgan fingerprint density at radius 2 is 1.93 bits per heavy atom. The zero-order chi connectivity index (χ0) is 20.9. The average molecular weight is 419 g/mol. The van der Waals surface area contributed by atoms with Crippen molar-refractivity contribution < 1.29 is 23.3 Å². The Kier molecular flexibility index (Phi) is 5.01. The van der Waals surface area contributed by atoms with E-state index >= 15 is 0 Å². The molecule has 2 saturated heterocycles. The molecule has 1 aliphatic carbocycles. The van der Waals surface area contributed by atoms with Crippen LogP contribution in [-0.4, -0.2) is 55.2 Å². The van der Waals surface area contributed by atoms with Crippen LogP contribution in [0.5, 0.6) is 0 Å². The molecular weight excluding hydrogens is 392 g/mol. The third-order valence-electron chi connectivity index (χ3n) is 6.09. The molecule has 3 fully saturated rings. The Morgan fingerprint density at radius 1 is 1.28 bits per heavy atom. The first-order valence-electron chi connectivity index (χ1n) is 9.98. The highest BCUT2D eigenvalue weighted by molar-refractivity contribution is 7.87. The van der Waals surface area contributed by atoms with E-state index in [0.29, 0.717) is 5.92 Å². The van der Waals surface area contributed by atoms with Gasteiger partial charge in [-0.05, 0) is 45.1 Å². The predicted molar refractivity (Wildman–Crippen MR) is 107 cm³/mol. The number of esters is 1. The Balaban J connectivity index is 1.45. The molecule has 2 amide bonds. The van der Waals surface area contributed by atoms with E-state index in [1.54, 1.807) is 13.8 Å². The second-order valence-electron chi connectivity index (χ2n) is 8.63. The van der Waals surface area contributed by atoms with Crippen LogP contribution in [0.15, 0.2) is 30.3 Å². The Labute approximate surface area is 172 Å². The fraction of sp³-hybridized carbons (Fsp3) is 0.571. The van der Waals surface area contributed by atoms with E-state index in [4.69, 9.17) is 4.74 Å². The van der Waals surface area contributed by atoms with E-state index in [1.165, 1.54) is 4.90 Å². The summed E-state index contributed by atoms with van der Waals surface area (Å²) in [4.78, 5) is 39.3. The van der Waals surface area contributed by atoms with Gasteiger partial charge in [0.1, 0.15) is 23.6 Å². The number of rotatable bonds is 6. The zero-order valence-electron chi connectivity index (χ0n) is 16.8. The second-order valence-corrected chi connectivity index (χ2v) is 10.8. The van der Waals surface area contributed by atoms with Crippen LogP contribution in [0.3, 0.4) is 0 Å². The van der Waals surface area contributed by atoms with Crippen molar-refractivity contribution >= 4 is 28.6 Å². The first-order valence-corrected chi connectivity index (χ1v) is 11.2. The number of ether oxygens (including phenoxy) is 1. The number of hydrogen-bond donors (Lipinski definition) is 1. The van der Waals surface area contributed by atoms with Crippen molar-refractivity contribution in [3.05, 3.63) is 35.9 Å². The lowest BCUT2D eigenvalue weighted by atomic mass is 9.95. The molecule has 0 radical (unpaired) electrons. The Hall–Kier alpha value is -2.22. The highest BCUT2D eigenvalue weighted by Gasteiger charge is 2.68. The summed E-state index contributed by atoms with van der Waals surface area (Å²) in [5.41, 5.74) is 0.831. The second kappa shape index (κ2) is 7.23. The molecule has 8 heteroatoms. The van der Waals surface area contributed by atoms with Gasteiger partial charge in [0.25, 0.3) is 0 Å². The number of hydrogen-bond acceptors (Lipinski definition) is 5. The van der Waals surface area contributed by atoms with E-state index in [2.05, 4.69) is 5.32 Å². The maximum atomic E-state index is 13.1. The van der Waals surface area contributed by atoms with Gasteiger partial charge >= 0.3 is 5.97 Å². The quantitative estimate of drug-likeness (QED) is 0.552. The van der Waals surface area contributed by atoms with E-state index in [0.717, 1.165) is 18.4 Å². The lowest BCUT2D eigenvalue weighted by Gasteiger charge is -2.43. The number of benzene rings is 1. The molecule has 1 aromatic carbocycles. The molecule has 4 rings (SSSR count). The first-order chi connectivity index (χ1) is 13.7. The average Bonchev–Trinajstić information content (AvgIpc) is 3.49. The maximum absolute atomic E-state index is 13.1. The predicted octanol–water partition coefficient (Wildman–Crippen LogP) is 1.13. The van der Waals surface area contributed by atoms with Gasteiger partial charge in [-0.3, -0.25) is 13.8 Å². The van der Waals surface area contributed by atoms with Crippen molar-refractivity contribution in [3.63, 3.8) is 0 Å². The van der Waals surface area contributed by atoms with Gasteiger partial charge in [-0.2, -0.15) is 0 Å². The molecule has 156 valence electrons. The van der Waals surface area contributed by atoms with Crippen molar-refractivity contribution in [3.8, 4) is 0 Å². The summed E-state index contributed by atoms with van der Waals surface area (Å²) in [5.74, 6) is -0.816. The molecule has 7 nitrogen and oxygen atoms in total. The lowest BCUT2D eigenvalue weighted by Crippen LogP contribution is -2.71. The zero-order valence-corrected chi connectivity index (χ0v) is 17.6. The molecule has 0 spiro atoms. The van der Waals surface area contributed by atoms with Crippen LogP contribution in [0.25, 0.3) is 0 Å². The Bertz CT molecular complexity index is 867. The lowest BCUT2D eigenvalue weighted by molar-refractivity contribution is -0.167. The van der Waals surface area contributed by atoms with Crippen LogP contribution in [0.1, 0.15) is 39.2 Å². The molecule has 5 atom stereocenters. The molecule has 1 saturated carbocycles. The maximum Gasteiger partial charge on any atom is 0.330 e. The minimum atomic E-state index is -1.51. The van der Waals surface area contributed by atoms with Crippen molar-refractivity contribution in [1.82, 2.24) is 10.2 Å². The highest BCUT2D eigenvalue weighted by Crippen LogP contribution is 2.44. The molecule has 2 heterocycles. The minimum absolute atomic E-state index is 0.137. The molecule has 2 aliphatic heterocycles. The van der Waals surface area contributed by atoms with E-state index in [1.807, 2.05) is 37.3 Å². The third kappa shape index (κ3) is 3.47. The molecule has 3 aliphatic rings. The van der Waals surface area contributed by atoms with Gasteiger partial charge in [0.05, 0.1) is 22.0 Å². The van der Waals surface area contributed by atoms with Crippen molar-refractivity contribution in [2.45, 2.75) is 68.3 Å². The molecule has 29 heavy (non-hydrogen) atoms. The number of nitrogens with zero attached hydrogens (tertiary/aromatic N) is 1. The third-order valence-corrected chi connectivity index (χ3v) is 8.29. The van der Waals surface area contributed by atoms with Crippen LogP contribution >= 0.6 is 0 Å². The summed E-state index contributed by atoms with van der Waals surface area (Å²) in [6, 6.07) is 7.44. The number of fused-ring (bicyclic) bond motifs is 1. The number of nitrogens with one attached hydrogen (secondary N) is 1. The van der Waals surface area contributed by atoms with Gasteiger partial charge in [-0.15, -0.1) is 0 Å². The van der Waals surface area contributed by atoms with Gasteiger partial charge in [-0.25, -0.2) is 4.79 Å². The van der Waals surface area contributed by atoms with Crippen molar-refractivity contribution in [2.24, 2.45) is 5.92 Å². The van der Waals surface area contributed by atoms with Crippen LogP contribution in [0.2, 0.25) is 0 Å². The monoisotopic (exact) mass is 418 g/mol. The smallest absolute Gasteiger partial charge is 0.330 e. The van der Waals surface area contributed by atoms with Crippen LogP contribution < -0.4 is 5.32 Å². The summed E-state index contributed by atoms with van der Waals surface area (Å²) >= 11 is 0. The standard InChI is InChI=1S/C21H26N2O5S/c1-12(14-9-10-14)28-20(26)17-21(2,3)29(27)19-16(18(25)23(17)19)22-15(24)11-13-7-5-4-6-8-13/h4-8,12,14,16-17,19H,9-11H2,1-3H3,(H,22,24)/t12?,16?,17?,19-,29?/m1/s1. The normalized spacial score (nSPS) is 30.9. The molecule has 0 bridgehead atoms. The van der Waals surface area contributed by atoms with Gasteiger partial charge in [0, 0.05) is 0 Å². The first kappa shape index (κ1) is 20.1. The van der Waals surface area contributed by atoms with Crippen LogP contribution in [0, 0.1) is 5.92 Å². The molecule has 0 aromatic heterocycles. The Morgan fingerprint density at radius 3 is 2.55 bits per heavy atom. The van der Waals surface area contributed by atoms with E-state index in [9.17, 15) is 18.6 Å². The molecule has 1 N–H and O–H groups in total. The topological polar surface area (TPSA) is 92.8 Å². The fourth-order valence-electron chi connectivity index (χ4n) is 4.19. The number of amides is 2. The van der Waals surface area contributed by atoms with Gasteiger partial charge in [0.2, 0.25) is 11.8 Å². The number of carbonyl (C=O) groups excluding carboxylic acids is 3. The number of carbonyl (C=O) groups is 3. The molecule has 4 unspecified atom stereocenters. The molecular formula is C21H26N2O5S. The van der Waals surface area contributed by atoms with Crippen molar-refractivity contribution in [2.75, 3.05) is 0 Å². The highest BCUT2D eigenvalue weighted by atomic mass is 32.2. The molecule has 1 aromatic rings. The summed E-state index contributed by atoms with van der Waals surface area (Å²) in [5, 5.41) is 2.00. The van der Waals surface area contributed by atoms with Crippen molar-refractivity contribution in [1.29, 1.82) is 0 Å². The summed E-state index contributed by atoms with van der Waals surface area (Å²) in [7, 11) is -1.51. The van der Waals surface area contributed by atoms with Crippen LogP contribution in [0.4, 0.5) is 0 Å². The van der Waals surface area contributed by atoms with Crippen LogP contribution in [-0.2, 0) is 36.3 Å². The summed E-state index contributed by atoms with van der Waals surface area (Å²) in [6.45, 7) is 5.28. The largest absolute Gasteiger partial charge is 0.461 e.